The van der Waals surface area contributed by atoms with E-state index < -0.39 is 0 Å². The van der Waals surface area contributed by atoms with Gasteiger partial charge in [0.2, 0.25) is 0 Å². The number of para-hydroxylation sites is 3. The molecule has 4 nitrogen and oxygen atoms in total. The average Bonchev–Trinajstić information content (AvgIpc) is 3.35. The van der Waals surface area contributed by atoms with Crippen molar-refractivity contribution in [1.29, 1.82) is 5.41 Å². The van der Waals surface area contributed by atoms with E-state index >= 15 is 0 Å². The fraction of sp³-hybridized carbons (Fsp3) is 0.143. The first-order valence-corrected chi connectivity index (χ1v) is 13.3. The molecule has 0 atom stereocenters. The molecule has 0 spiro atoms. The van der Waals surface area contributed by atoms with Gasteiger partial charge in [0.1, 0.15) is 11.6 Å². The number of rotatable bonds is 8. The number of hydrogen-bond donors (Lipinski definition) is 2. The van der Waals surface area contributed by atoms with E-state index in [0.29, 0.717) is 23.0 Å². The molecule has 0 fully saturated rings. The Hall–Kier alpha value is -4.70. The number of aromatic nitrogens is 2. The first-order chi connectivity index (χ1) is 19.0. The maximum absolute atomic E-state index is 10.7. The number of phenols is 1. The number of nitrogens with one attached hydrogen (secondary N) is 1. The van der Waals surface area contributed by atoms with Crippen LogP contribution < -0.4 is 0 Å². The molecule has 5 aromatic rings. The molecule has 1 aromatic heterocycles. The summed E-state index contributed by atoms with van der Waals surface area (Å²) in [7, 11) is 0. The summed E-state index contributed by atoms with van der Waals surface area (Å²) in [5, 5.41) is 19.4. The van der Waals surface area contributed by atoms with Crippen LogP contribution in [0.5, 0.6) is 5.75 Å². The number of nitrogens with zero attached hydrogens (tertiary/aromatic N) is 2. The Morgan fingerprint density at radius 2 is 1.59 bits per heavy atom. The maximum Gasteiger partial charge on any atom is 0.149 e. The van der Waals surface area contributed by atoms with E-state index in [2.05, 4.69) is 54.8 Å². The lowest BCUT2D eigenvalue weighted by Crippen LogP contribution is -1.97. The van der Waals surface area contributed by atoms with Crippen molar-refractivity contribution in [3.05, 3.63) is 126 Å². The summed E-state index contributed by atoms with van der Waals surface area (Å²) in [6.45, 7) is 6.46. The Balaban J connectivity index is 1.62. The molecule has 0 saturated carbocycles. The van der Waals surface area contributed by atoms with Crippen molar-refractivity contribution >= 4 is 16.7 Å². The Morgan fingerprint density at radius 3 is 2.33 bits per heavy atom. The van der Waals surface area contributed by atoms with Crippen molar-refractivity contribution < 1.29 is 5.11 Å². The highest BCUT2D eigenvalue weighted by Gasteiger charge is 2.19. The highest BCUT2D eigenvalue weighted by molar-refractivity contribution is 6.08. The van der Waals surface area contributed by atoms with Crippen LogP contribution in [0.25, 0.3) is 39.2 Å². The zero-order chi connectivity index (χ0) is 27.4. The minimum Gasteiger partial charge on any atom is -0.507 e. The van der Waals surface area contributed by atoms with E-state index in [0.717, 1.165) is 39.8 Å². The molecule has 194 valence electrons. The third-order valence-corrected chi connectivity index (χ3v) is 6.81. The van der Waals surface area contributed by atoms with E-state index in [-0.39, 0.29) is 5.75 Å². The van der Waals surface area contributed by atoms with E-state index in [4.69, 9.17) is 10.4 Å². The molecule has 0 bridgehead atoms. The summed E-state index contributed by atoms with van der Waals surface area (Å²) >= 11 is 0. The normalized spacial score (nSPS) is 12.1. The minimum absolute atomic E-state index is 0.187. The molecule has 4 aromatic carbocycles. The standard InChI is InChI=1S/C35H33N3O/c1-4-25(22-24(2)3)20-21-31(36)27-13-10-12-26(23-27)29-17-11-18-32-34(29)37-35(30-16-8-9-19-33(30)39)38(32)28-14-6-5-7-15-28/h4-21,23-24,36,39H,22H2,1-3H3/b21-20-,25-4+,36-31?. The number of aromatic hydroxyl groups is 1. The van der Waals surface area contributed by atoms with Gasteiger partial charge < -0.3 is 10.5 Å². The lowest BCUT2D eigenvalue weighted by molar-refractivity contribution is 0.477. The fourth-order valence-electron chi connectivity index (χ4n) is 4.91. The van der Waals surface area contributed by atoms with Crippen LogP contribution in [0.4, 0.5) is 0 Å². The van der Waals surface area contributed by atoms with E-state index in [9.17, 15) is 5.11 Å². The highest BCUT2D eigenvalue weighted by atomic mass is 16.3. The predicted molar refractivity (Wildman–Crippen MR) is 163 cm³/mol. The second-order valence-electron chi connectivity index (χ2n) is 10.1. The predicted octanol–water partition coefficient (Wildman–Crippen LogP) is 8.98. The molecule has 5 rings (SSSR count). The molecule has 39 heavy (non-hydrogen) atoms. The molecule has 0 radical (unpaired) electrons. The summed E-state index contributed by atoms with van der Waals surface area (Å²) in [5.74, 6) is 1.43. The van der Waals surface area contributed by atoms with Crippen molar-refractivity contribution in [1.82, 2.24) is 9.55 Å². The Kier molecular flexibility index (Phi) is 7.55. The number of imidazole rings is 1. The number of phenolic OH excluding ortho intramolecular Hbond substituents is 1. The Labute approximate surface area is 230 Å². The number of fused-ring (bicyclic) bond motifs is 1. The molecule has 0 aliphatic rings. The summed E-state index contributed by atoms with van der Waals surface area (Å²) in [4.78, 5) is 5.10. The summed E-state index contributed by atoms with van der Waals surface area (Å²) in [6, 6.07) is 31.6. The van der Waals surface area contributed by atoms with Crippen LogP contribution in [0.3, 0.4) is 0 Å². The van der Waals surface area contributed by atoms with Gasteiger partial charge in [-0.05, 0) is 72.9 Å². The number of allylic oxidation sites excluding steroid dienone is 4. The quantitative estimate of drug-likeness (QED) is 0.161. The molecular weight excluding hydrogens is 478 g/mol. The van der Waals surface area contributed by atoms with Gasteiger partial charge in [-0.1, -0.05) is 92.2 Å². The van der Waals surface area contributed by atoms with Crippen molar-refractivity contribution in [3.63, 3.8) is 0 Å². The van der Waals surface area contributed by atoms with Gasteiger partial charge in [-0.2, -0.15) is 0 Å². The third-order valence-electron chi connectivity index (χ3n) is 6.81. The molecule has 0 aliphatic heterocycles. The zero-order valence-corrected chi connectivity index (χ0v) is 22.6. The van der Waals surface area contributed by atoms with Gasteiger partial charge >= 0.3 is 0 Å². The SMILES string of the molecule is C/C=C(\C=C/C(=N)c1cccc(-c2cccc3c2nc(-c2ccccc2O)n3-c2ccccc2)c1)CC(C)C. The molecule has 1 heterocycles. The van der Waals surface area contributed by atoms with E-state index in [1.165, 1.54) is 5.57 Å². The second kappa shape index (κ2) is 11.4. The largest absolute Gasteiger partial charge is 0.507 e. The van der Waals surface area contributed by atoms with Gasteiger partial charge in [-0.25, -0.2) is 4.98 Å². The summed E-state index contributed by atoms with van der Waals surface area (Å²) < 4.78 is 2.09. The van der Waals surface area contributed by atoms with Crippen molar-refractivity contribution in [2.45, 2.75) is 27.2 Å². The Morgan fingerprint density at radius 1 is 0.872 bits per heavy atom. The van der Waals surface area contributed by atoms with Gasteiger partial charge in [0.15, 0.2) is 0 Å². The molecular formula is C35H33N3O. The van der Waals surface area contributed by atoms with Crippen LogP contribution in [-0.2, 0) is 0 Å². The van der Waals surface area contributed by atoms with Crippen molar-refractivity contribution in [2.24, 2.45) is 5.92 Å². The Bertz CT molecular complexity index is 1690. The van der Waals surface area contributed by atoms with Crippen molar-refractivity contribution in [3.8, 4) is 34.0 Å². The van der Waals surface area contributed by atoms with Crippen LogP contribution in [-0.4, -0.2) is 20.4 Å². The number of hydrogen-bond acceptors (Lipinski definition) is 3. The summed E-state index contributed by atoms with van der Waals surface area (Å²) in [5.41, 5.74) is 7.95. The minimum atomic E-state index is 0.187. The van der Waals surface area contributed by atoms with E-state index in [1.54, 1.807) is 6.07 Å². The second-order valence-corrected chi connectivity index (χ2v) is 10.1. The van der Waals surface area contributed by atoms with Gasteiger partial charge in [0, 0.05) is 11.3 Å². The molecule has 0 aliphatic carbocycles. The molecule has 0 saturated heterocycles. The third kappa shape index (κ3) is 5.46. The molecule has 4 heteroatoms. The molecule has 2 N–H and O–H groups in total. The van der Waals surface area contributed by atoms with Crippen LogP contribution in [0.15, 0.2) is 121 Å². The first kappa shape index (κ1) is 25.9. The topological polar surface area (TPSA) is 61.9 Å². The van der Waals surface area contributed by atoms with Crippen LogP contribution >= 0.6 is 0 Å². The number of benzene rings is 4. The fourth-order valence-corrected chi connectivity index (χ4v) is 4.91. The average molecular weight is 512 g/mol. The van der Waals surface area contributed by atoms with Gasteiger partial charge in [-0.3, -0.25) is 4.57 Å². The highest BCUT2D eigenvalue weighted by Crippen LogP contribution is 2.37. The van der Waals surface area contributed by atoms with Crippen LogP contribution in [0.2, 0.25) is 0 Å². The smallest absolute Gasteiger partial charge is 0.149 e. The first-order valence-electron chi connectivity index (χ1n) is 13.3. The van der Waals surface area contributed by atoms with Gasteiger partial charge in [-0.15, -0.1) is 0 Å². The summed E-state index contributed by atoms with van der Waals surface area (Å²) in [6.07, 6.45) is 7.05. The molecule has 0 unspecified atom stereocenters. The van der Waals surface area contributed by atoms with Crippen LogP contribution in [0.1, 0.15) is 32.8 Å². The van der Waals surface area contributed by atoms with Crippen LogP contribution in [0, 0.1) is 11.3 Å². The zero-order valence-electron chi connectivity index (χ0n) is 22.6. The maximum atomic E-state index is 10.7. The van der Waals surface area contributed by atoms with E-state index in [1.807, 2.05) is 79.7 Å². The van der Waals surface area contributed by atoms with Gasteiger partial charge in [0.05, 0.1) is 22.3 Å². The monoisotopic (exact) mass is 511 g/mol. The van der Waals surface area contributed by atoms with Crippen molar-refractivity contribution in [2.75, 3.05) is 0 Å². The van der Waals surface area contributed by atoms with Gasteiger partial charge in [0.25, 0.3) is 0 Å². The lowest BCUT2D eigenvalue weighted by atomic mass is 9.98. The lowest BCUT2D eigenvalue weighted by Gasteiger charge is -2.11. The molecule has 0 amide bonds.